The van der Waals surface area contributed by atoms with Crippen LogP contribution in [0.1, 0.15) is 35.7 Å². The third kappa shape index (κ3) is 3.30. The van der Waals surface area contributed by atoms with E-state index in [0.717, 1.165) is 12.8 Å². The van der Waals surface area contributed by atoms with Crippen molar-refractivity contribution in [2.24, 2.45) is 0 Å². The molecule has 1 atom stereocenters. The molecule has 2 aliphatic rings. The van der Waals surface area contributed by atoms with E-state index in [0.29, 0.717) is 48.3 Å². The van der Waals surface area contributed by atoms with Crippen molar-refractivity contribution < 1.29 is 14.3 Å². The van der Waals surface area contributed by atoms with Gasteiger partial charge in [-0.05, 0) is 31.0 Å². The van der Waals surface area contributed by atoms with Gasteiger partial charge in [-0.15, -0.1) is 5.10 Å². The Kier molecular flexibility index (Phi) is 4.60. The summed E-state index contributed by atoms with van der Waals surface area (Å²) < 4.78 is 7.04. The van der Waals surface area contributed by atoms with Gasteiger partial charge in [0.05, 0.1) is 30.1 Å². The van der Waals surface area contributed by atoms with Crippen molar-refractivity contribution in [3.05, 3.63) is 35.0 Å². The summed E-state index contributed by atoms with van der Waals surface area (Å²) in [5.41, 5.74) is 0.900. The molecule has 1 aromatic heterocycles. The van der Waals surface area contributed by atoms with Crippen LogP contribution >= 0.6 is 11.6 Å². The lowest BCUT2D eigenvalue weighted by molar-refractivity contribution is -0.117. The highest BCUT2D eigenvalue weighted by Crippen LogP contribution is 2.29. The van der Waals surface area contributed by atoms with E-state index in [4.69, 9.17) is 16.3 Å². The number of nitrogens with one attached hydrogen (secondary N) is 1. The number of hydrogen-bond donors (Lipinski definition) is 1. The second kappa shape index (κ2) is 7.05. The topological polar surface area (TPSA) is 89.3 Å². The Labute approximate surface area is 155 Å². The predicted molar refractivity (Wildman–Crippen MR) is 95.5 cm³/mol. The molecule has 2 aliphatic heterocycles. The van der Waals surface area contributed by atoms with Crippen LogP contribution in [0.3, 0.4) is 0 Å². The summed E-state index contributed by atoms with van der Waals surface area (Å²) in [5.74, 6) is -0.00451. The SMILES string of the molecule is O=C(Nc1cn(C2CCOC2)nn1)c1ccc(Cl)cc1N1CCCC1=O. The molecule has 0 radical (unpaired) electrons. The first-order valence-electron chi connectivity index (χ1n) is 8.52. The number of amides is 2. The fourth-order valence-electron chi connectivity index (χ4n) is 3.25. The predicted octanol–water partition coefficient (Wildman–Crippen LogP) is 2.27. The summed E-state index contributed by atoms with van der Waals surface area (Å²) in [4.78, 5) is 26.4. The number of anilines is 2. The highest BCUT2D eigenvalue weighted by molar-refractivity contribution is 6.31. The van der Waals surface area contributed by atoms with E-state index >= 15 is 0 Å². The van der Waals surface area contributed by atoms with Gasteiger partial charge in [-0.2, -0.15) is 0 Å². The maximum Gasteiger partial charge on any atom is 0.259 e. The van der Waals surface area contributed by atoms with Crippen LogP contribution in [-0.4, -0.2) is 46.6 Å². The van der Waals surface area contributed by atoms with Crippen LogP contribution in [0.2, 0.25) is 5.02 Å². The maximum absolute atomic E-state index is 12.7. The monoisotopic (exact) mass is 375 g/mol. The number of aromatic nitrogens is 3. The van der Waals surface area contributed by atoms with E-state index < -0.39 is 0 Å². The molecule has 0 spiro atoms. The zero-order valence-electron chi connectivity index (χ0n) is 14.0. The minimum absolute atomic E-state index is 0.00602. The molecular formula is C17H18ClN5O3. The standard InChI is InChI=1S/C17H18ClN5O3/c18-11-3-4-13(14(8-11)22-6-1-2-16(22)24)17(25)19-15-9-23(21-20-15)12-5-7-26-10-12/h3-4,8-9,12H,1-2,5-7,10H2,(H,19,25). The average molecular weight is 376 g/mol. The minimum Gasteiger partial charge on any atom is -0.379 e. The third-order valence-electron chi connectivity index (χ3n) is 4.60. The van der Waals surface area contributed by atoms with Gasteiger partial charge in [-0.1, -0.05) is 16.8 Å². The lowest BCUT2D eigenvalue weighted by atomic mass is 10.1. The Hall–Kier alpha value is -2.45. The van der Waals surface area contributed by atoms with Crippen molar-refractivity contribution in [1.82, 2.24) is 15.0 Å². The van der Waals surface area contributed by atoms with E-state index in [-0.39, 0.29) is 17.9 Å². The smallest absolute Gasteiger partial charge is 0.259 e. The Morgan fingerprint density at radius 3 is 3.00 bits per heavy atom. The third-order valence-corrected chi connectivity index (χ3v) is 4.84. The highest BCUT2D eigenvalue weighted by Gasteiger charge is 2.27. The molecule has 1 aromatic carbocycles. The van der Waals surface area contributed by atoms with E-state index in [9.17, 15) is 9.59 Å². The molecule has 2 fully saturated rings. The summed E-state index contributed by atoms with van der Waals surface area (Å²) in [6, 6.07) is 5.04. The number of rotatable bonds is 4. The molecule has 4 rings (SSSR count). The Bertz CT molecular complexity index is 847. The second-order valence-corrected chi connectivity index (χ2v) is 6.80. The Balaban J connectivity index is 1.55. The van der Waals surface area contributed by atoms with Crippen LogP contribution in [0.15, 0.2) is 24.4 Å². The van der Waals surface area contributed by atoms with Gasteiger partial charge in [-0.25, -0.2) is 4.68 Å². The normalized spacial score (nSPS) is 20.0. The van der Waals surface area contributed by atoms with Crippen molar-refractivity contribution in [3.8, 4) is 0 Å². The molecule has 9 heteroatoms. The fourth-order valence-corrected chi connectivity index (χ4v) is 3.42. The fraction of sp³-hybridized carbons (Fsp3) is 0.412. The number of ether oxygens (including phenoxy) is 1. The van der Waals surface area contributed by atoms with Crippen LogP contribution in [0.25, 0.3) is 0 Å². The van der Waals surface area contributed by atoms with E-state index in [1.165, 1.54) is 0 Å². The van der Waals surface area contributed by atoms with Crippen LogP contribution in [0.4, 0.5) is 11.5 Å². The molecule has 2 aromatic rings. The summed E-state index contributed by atoms with van der Waals surface area (Å²) in [7, 11) is 0. The van der Waals surface area contributed by atoms with Crippen LogP contribution in [-0.2, 0) is 9.53 Å². The van der Waals surface area contributed by atoms with Gasteiger partial charge >= 0.3 is 0 Å². The van der Waals surface area contributed by atoms with Crippen molar-refractivity contribution >= 4 is 34.9 Å². The van der Waals surface area contributed by atoms with Gasteiger partial charge in [0.2, 0.25) is 5.91 Å². The number of benzene rings is 1. The number of halogens is 1. The van der Waals surface area contributed by atoms with Crippen molar-refractivity contribution in [1.29, 1.82) is 0 Å². The molecular weight excluding hydrogens is 358 g/mol. The van der Waals surface area contributed by atoms with Crippen LogP contribution in [0, 0.1) is 0 Å². The number of carbonyl (C=O) groups is 2. The Morgan fingerprint density at radius 2 is 2.27 bits per heavy atom. The van der Waals surface area contributed by atoms with Crippen molar-refractivity contribution in [2.75, 3.05) is 30.0 Å². The van der Waals surface area contributed by atoms with Gasteiger partial charge in [-0.3, -0.25) is 9.59 Å². The molecule has 1 unspecified atom stereocenters. The van der Waals surface area contributed by atoms with Gasteiger partial charge in [0, 0.05) is 24.6 Å². The average Bonchev–Trinajstić information content (AvgIpc) is 3.35. The molecule has 0 saturated carbocycles. The van der Waals surface area contributed by atoms with Crippen LogP contribution in [0.5, 0.6) is 0 Å². The molecule has 26 heavy (non-hydrogen) atoms. The minimum atomic E-state index is -0.355. The van der Waals surface area contributed by atoms with Crippen molar-refractivity contribution in [3.63, 3.8) is 0 Å². The molecule has 0 aliphatic carbocycles. The van der Waals surface area contributed by atoms with Gasteiger partial charge in [0.15, 0.2) is 5.82 Å². The first-order chi connectivity index (χ1) is 12.6. The van der Waals surface area contributed by atoms with E-state index in [1.54, 1.807) is 34.0 Å². The zero-order valence-corrected chi connectivity index (χ0v) is 14.8. The van der Waals surface area contributed by atoms with Gasteiger partial charge in [0.1, 0.15) is 0 Å². The summed E-state index contributed by atoms with van der Waals surface area (Å²) in [6.45, 7) is 1.87. The largest absolute Gasteiger partial charge is 0.379 e. The summed E-state index contributed by atoms with van der Waals surface area (Å²) in [6.07, 6.45) is 3.80. The highest BCUT2D eigenvalue weighted by atomic mass is 35.5. The quantitative estimate of drug-likeness (QED) is 0.885. The number of nitrogens with zero attached hydrogens (tertiary/aromatic N) is 4. The lowest BCUT2D eigenvalue weighted by Crippen LogP contribution is -2.27. The van der Waals surface area contributed by atoms with Gasteiger partial charge in [0.25, 0.3) is 5.91 Å². The first-order valence-corrected chi connectivity index (χ1v) is 8.90. The van der Waals surface area contributed by atoms with Crippen molar-refractivity contribution in [2.45, 2.75) is 25.3 Å². The second-order valence-electron chi connectivity index (χ2n) is 6.37. The molecule has 8 nitrogen and oxygen atoms in total. The first kappa shape index (κ1) is 17.0. The van der Waals surface area contributed by atoms with Gasteiger partial charge < -0.3 is 15.0 Å². The molecule has 2 amide bonds. The molecule has 1 N–H and O–H groups in total. The Morgan fingerprint density at radius 1 is 1.38 bits per heavy atom. The summed E-state index contributed by atoms with van der Waals surface area (Å²) >= 11 is 6.08. The molecule has 0 bridgehead atoms. The number of carbonyl (C=O) groups excluding carboxylic acids is 2. The zero-order chi connectivity index (χ0) is 18.1. The lowest BCUT2D eigenvalue weighted by Gasteiger charge is -2.19. The summed E-state index contributed by atoms with van der Waals surface area (Å²) in [5, 5.41) is 11.3. The van der Waals surface area contributed by atoms with Crippen LogP contribution < -0.4 is 10.2 Å². The van der Waals surface area contributed by atoms with E-state index in [2.05, 4.69) is 15.6 Å². The number of hydrogen-bond acceptors (Lipinski definition) is 5. The molecule has 3 heterocycles. The van der Waals surface area contributed by atoms with E-state index in [1.807, 2.05) is 0 Å². The molecule has 2 saturated heterocycles. The molecule has 136 valence electrons. The maximum atomic E-state index is 12.7.